The Bertz CT molecular complexity index is 336. The summed E-state index contributed by atoms with van der Waals surface area (Å²) in [6.45, 7) is 5.38. The van der Waals surface area contributed by atoms with Crippen molar-refractivity contribution in [3.63, 3.8) is 0 Å². The van der Waals surface area contributed by atoms with Gasteiger partial charge in [-0.3, -0.25) is 4.79 Å². The first-order valence-electron chi connectivity index (χ1n) is 5.72. The number of carbonyl (C=O) groups is 1. The standard InChI is InChI=1S/C11H18N4O/c1-10-8-15(7-4-13-10)11(16)2-5-14-6-3-12-9-14/h3,6,9-10,13H,2,4-5,7-8H2,1H3/t10-/m1/s1. The summed E-state index contributed by atoms with van der Waals surface area (Å²) in [5.41, 5.74) is 0. The largest absolute Gasteiger partial charge is 0.340 e. The maximum Gasteiger partial charge on any atom is 0.224 e. The fraction of sp³-hybridized carbons (Fsp3) is 0.636. The number of rotatable bonds is 3. The lowest BCUT2D eigenvalue weighted by molar-refractivity contribution is -0.132. The van der Waals surface area contributed by atoms with E-state index < -0.39 is 0 Å². The molecule has 0 radical (unpaired) electrons. The Morgan fingerprint density at radius 1 is 1.62 bits per heavy atom. The Labute approximate surface area is 95.5 Å². The highest BCUT2D eigenvalue weighted by atomic mass is 16.2. The van der Waals surface area contributed by atoms with Gasteiger partial charge in [-0.1, -0.05) is 0 Å². The van der Waals surface area contributed by atoms with Crippen molar-refractivity contribution in [2.75, 3.05) is 19.6 Å². The molecule has 1 amide bonds. The average molecular weight is 222 g/mol. The number of hydrogen-bond acceptors (Lipinski definition) is 3. The molecule has 1 aliphatic rings. The van der Waals surface area contributed by atoms with Gasteiger partial charge < -0.3 is 14.8 Å². The van der Waals surface area contributed by atoms with Crippen molar-refractivity contribution < 1.29 is 4.79 Å². The lowest BCUT2D eigenvalue weighted by atomic mass is 10.2. The first-order chi connectivity index (χ1) is 7.75. The van der Waals surface area contributed by atoms with Crippen molar-refractivity contribution in [1.29, 1.82) is 0 Å². The van der Waals surface area contributed by atoms with Crippen LogP contribution in [-0.2, 0) is 11.3 Å². The molecule has 2 rings (SSSR count). The van der Waals surface area contributed by atoms with Gasteiger partial charge in [0.25, 0.3) is 0 Å². The van der Waals surface area contributed by atoms with Crippen molar-refractivity contribution in [2.24, 2.45) is 0 Å². The maximum absolute atomic E-state index is 11.9. The fourth-order valence-corrected chi connectivity index (χ4v) is 1.96. The van der Waals surface area contributed by atoms with Gasteiger partial charge in [-0.05, 0) is 6.92 Å². The number of amides is 1. The van der Waals surface area contributed by atoms with E-state index in [4.69, 9.17) is 0 Å². The zero-order valence-electron chi connectivity index (χ0n) is 9.59. The van der Waals surface area contributed by atoms with E-state index in [1.54, 1.807) is 12.5 Å². The molecule has 1 saturated heterocycles. The van der Waals surface area contributed by atoms with Gasteiger partial charge in [-0.15, -0.1) is 0 Å². The second-order valence-corrected chi connectivity index (χ2v) is 4.25. The van der Waals surface area contributed by atoms with Crippen molar-refractivity contribution in [3.05, 3.63) is 18.7 Å². The third-order valence-corrected chi connectivity index (χ3v) is 2.86. The van der Waals surface area contributed by atoms with E-state index in [2.05, 4.69) is 17.2 Å². The Balaban J connectivity index is 1.79. The van der Waals surface area contributed by atoms with Crippen molar-refractivity contribution in [2.45, 2.75) is 25.9 Å². The normalized spacial score (nSPS) is 21.1. The number of aromatic nitrogens is 2. The zero-order chi connectivity index (χ0) is 11.4. The highest BCUT2D eigenvalue weighted by Gasteiger charge is 2.19. The van der Waals surface area contributed by atoms with E-state index in [0.29, 0.717) is 12.5 Å². The molecule has 1 atom stereocenters. The molecule has 5 heteroatoms. The Hall–Kier alpha value is -1.36. The minimum absolute atomic E-state index is 0.238. The number of nitrogens with zero attached hydrogens (tertiary/aromatic N) is 3. The molecular weight excluding hydrogens is 204 g/mol. The predicted octanol–water partition coefficient (Wildman–Crippen LogP) is 0.0935. The van der Waals surface area contributed by atoms with Crippen LogP contribution in [0, 0.1) is 0 Å². The van der Waals surface area contributed by atoms with Crippen LogP contribution in [0.15, 0.2) is 18.7 Å². The summed E-state index contributed by atoms with van der Waals surface area (Å²) < 4.78 is 1.93. The SMILES string of the molecule is C[C@@H]1CN(C(=O)CCn2ccnc2)CCN1. The van der Waals surface area contributed by atoms with Crippen LogP contribution in [0.1, 0.15) is 13.3 Å². The summed E-state index contributed by atoms with van der Waals surface area (Å²) in [5, 5.41) is 3.33. The Morgan fingerprint density at radius 2 is 2.50 bits per heavy atom. The summed E-state index contributed by atoms with van der Waals surface area (Å²) >= 11 is 0. The number of hydrogen-bond donors (Lipinski definition) is 1. The molecular formula is C11H18N4O. The van der Waals surface area contributed by atoms with Crippen LogP contribution in [0.2, 0.25) is 0 Å². The van der Waals surface area contributed by atoms with Crippen LogP contribution in [0.4, 0.5) is 0 Å². The average Bonchev–Trinajstić information content (AvgIpc) is 2.78. The van der Waals surface area contributed by atoms with E-state index in [0.717, 1.165) is 26.2 Å². The first kappa shape index (κ1) is 11.1. The third-order valence-electron chi connectivity index (χ3n) is 2.86. The van der Waals surface area contributed by atoms with E-state index in [1.165, 1.54) is 0 Å². The summed E-state index contributed by atoms with van der Waals surface area (Å²) in [6.07, 6.45) is 5.92. The molecule has 1 aliphatic heterocycles. The third kappa shape index (κ3) is 2.82. The zero-order valence-corrected chi connectivity index (χ0v) is 9.59. The van der Waals surface area contributed by atoms with Crippen LogP contribution < -0.4 is 5.32 Å². The Kier molecular flexibility index (Phi) is 3.56. The molecule has 0 aliphatic carbocycles. The summed E-state index contributed by atoms with van der Waals surface area (Å²) in [5.74, 6) is 0.238. The lowest BCUT2D eigenvalue weighted by Crippen LogP contribution is -2.51. The van der Waals surface area contributed by atoms with E-state index in [9.17, 15) is 4.79 Å². The molecule has 0 aromatic carbocycles. The van der Waals surface area contributed by atoms with Gasteiger partial charge in [-0.2, -0.15) is 0 Å². The molecule has 1 aromatic rings. The molecule has 0 unspecified atom stereocenters. The smallest absolute Gasteiger partial charge is 0.224 e. The molecule has 5 nitrogen and oxygen atoms in total. The minimum atomic E-state index is 0.238. The van der Waals surface area contributed by atoms with Gasteiger partial charge in [0, 0.05) is 51.0 Å². The quantitative estimate of drug-likeness (QED) is 0.788. The monoisotopic (exact) mass is 222 g/mol. The minimum Gasteiger partial charge on any atom is -0.340 e. The highest BCUT2D eigenvalue weighted by molar-refractivity contribution is 5.76. The number of carbonyl (C=O) groups excluding carboxylic acids is 1. The van der Waals surface area contributed by atoms with Crippen LogP contribution in [0.25, 0.3) is 0 Å². The summed E-state index contributed by atoms with van der Waals surface area (Å²) in [4.78, 5) is 17.8. The van der Waals surface area contributed by atoms with Crippen molar-refractivity contribution in [3.8, 4) is 0 Å². The van der Waals surface area contributed by atoms with Gasteiger partial charge in [0.15, 0.2) is 0 Å². The van der Waals surface area contributed by atoms with Gasteiger partial charge in [0.1, 0.15) is 0 Å². The van der Waals surface area contributed by atoms with E-state index in [1.807, 2.05) is 15.7 Å². The molecule has 16 heavy (non-hydrogen) atoms. The van der Waals surface area contributed by atoms with Gasteiger partial charge in [0.2, 0.25) is 5.91 Å². The second-order valence-electron chi connectivity index (χ2n) is 4.25. The highest BCUT2D eigenvalue weighted by Crippen LogP contribution is 2.02. The van der Waals surface area contributed by atoms with Crippen molar-refractivity contribution in [1.82, 2.24) is 19.8 Å². The molecule has 2 heterocycles. The van der Waals surface area contributed by atoms with Crippen LogP contribution >= 0.6 is 0 Å². The lowest BCUT2D eigenvalue weighted by Gasteiger charge is -2.32. The summed E-state index contributed by atoms with van der Waals surface area (Å²) in [6, 6.07) is 0.408. The van der Waals surface area contributed by atoms with Gasteiger partial charge >= 0.3 is 0 Å². The second kappa shape index (κ2) is 5.12. The molecule has 0 saturated carbocycles. The predicted molar refractivity (Wildman–Crippen MR) is 60.9 cm³/mol. The van der Waals surface area contributed by atoms with Crippen LogP contribution in [0.5, 0.6) is 0 Å². The summed E-state index contributed by atoms with van der Waals surface area (Å²) in [7, 11) is 0. The van der Waals surface area contributed by atoms with Gasteiger partial charge in [-0.25, -0.2) is 4.98 Å². The number of nitrogens with one attached hydrogen (secondary N) is 1. The number of imidazole rings is 1. The van der Waals surface area contributed by atoms with Crippen molar-refractivity contribution >= 4 is 5.91 Å². The van der Waals surface area contributed by atoms with E-state index >= 15 is 0 Å². The Morgan fingerprint density at radius 3 is 3.19 bits per heavy atom. The van der Waals surface area contributed by atoms with Crippen LogP contribution in [0.3, 0.4) is 0 Å². The fourth-order valence-electron chi connectivity index (χ4n) is 1.96. The maximum atomic E-state index is 11.9. The molecule has 0 spiro atoms. The number of piperazine rings is 1. The molecule has 1 N–H and O–H groups in total. The topological polar surface area (TPSA) is 50.2 Å². The molecule has 88 valence electrons. The van der Waals surface area contributed by atoms with Crippen LogP contribution in [-0.4, -0.2) is 46.0 Å². The first-order valence-corrected chi connectivity index (χ1v) is 5.72. The van der Waals surface area contributed by atoms with E-state index in [-0.39, 0.29) is 5.91 Å². The number of aryl methyl sites for hydroxylation is 1. The van der Waals surface area contributed by atoms with Gasteiger partial charge in [0.05, 0.1) is 6.33 Å². The molecule has 1 aromatic heterocycles. The molecule has 1 fully saturated rings. The molecule has 0 bridgehead atoms.